The Hall–Kier alpha value is -1.05. The van der Waals surface area contributed by atoms with Crippen molar-refractivity contribution in [2.45, 2.75) is 13.0 Å². The molecule has 15 heavy (non-hydrogen) atoms. The Morgan fingerprint density at radius 3 is 2.80 bits per heavy atom. The molecule has 1 N–H and O–H groups in total. The van der Waals surface area contributed by atoms with E-state index < -0.39 is 0 Å². The maximum atomic E-state index is 9.00. The lowest BCUT2D eigenvalue weighted by atomic mass is 10.2. The van der Waals surface area contributed by atoms with E-state index in [4.69, 9.17) is 10.4 Å². The van der Waals surface area contributed by atoms with Crippen LogP contribution in [0.1, 0.15) is 12.0 Å². The third kappa shape index (κ3) is 3.22. The third-order valence-electron chi connectivity index (χ3n) is 2.21. The standard InChI is InChI=1S/C11H13BrN2O/c1-14(6-2-5-13)10-4-3-9(8-15)11(12)7-10/h3-4,7,15H,2,6,8H2,1H3. The van der Waals surface area contributed by atoms with Gasteiger partial charge in [-0.25, -0.2) is 0 Å². The first-order chi connectivity index (χ1) is 7.19. The Bertz CT molecular complexity index is 373. The van der Waals surface area contributed by atoms with Crippen molar-refractivity contribution in [3.05, 3.63) is 28.2 Å². The summed E-state index contributed by atoms with van der Waals surface area (Å²) in [5, 5.41) is 17.5. The van der Waals surface area contributed by atoms with Crippen LogP contribution >= 0.6 is 15.9 Å². The number of aliphatic hydroxyl groups is 1. The maximum absolute atomic E-state index is 9.00. The van der Waals surface area contributed by atoms with E-state index in [9.17, 15) is 0 Å². The molecular weight excluding hydrogens is 256 g/mol. The molecule has 0 spiro atoms. The van der Waals surface area contributed by atoms with Crippen molar-refractivity contribution in [3.8, 4) is 6.07 Å². The number of halogens is 1. The van der Waals surface area contributed by atoms with Crippen LogP contribution in [0.15, 0.2) is 22.7 Å². The monoisotopic (exact) mass is 268 g/mol. The number of nitrogens with zero attached hydrogens (tertiary/aromatic N) is 2. The van der Waals surface area contributed by atoms with Gasteiger partial charge in [-0.05, 0) is 17.7 Å². The smallest absolute Gasteiger partial charge is 0.0692 e. The van der Waals surface area contributed by atoms with Gasteiger partial charge >= 0.3 is 0 Å². The molecule has 0 fully saturated rings. The quantitative estimate of drug-likeness (QED) is 0.912. The molecule has 0 bridgehead atoms. The lowest BCUT2D eigenvalue weighted by Crippen LogP contribution is -2.17. The second-order valence-corrected chi connectivity index (χ2v) is 4.12. The van der Waals surface area contributed by atoms with Crippen molar-refractivity contribution >= 4 is 21.6 Å². The molecule has 0 aromatic heterocycles. The van der Waals surface area contributed by atoms with Gasteiger partial charge in [-0.1, -0.05) is 22.0 Å². The van der Waals surface area contributed by atoms with E-state index in [1.807, 2.05) is 30.1 Å². The van der Waals surface area contributed by atoms with Crippen LogP contribution in [0.25, 0.3) is 0 Å². The molecule has 4 heteroatoms. The van der Waals surface area contributed by atoms with Crippen LogP contribution in [-0.4, -0.2) is 18.7 Å². The summed E-state index contributed by atoms with van der Waals surface area (Å²) in [6, 6.07) is 7.87. The minimum Gasteiger partial charge on any atom is -0.392 e. The summed E-state index contributed by atoms with van der Waals surface area (Å²) >= 11 is 3.39. The summed E-state index contributed by atoms with van der Waals surface area (Å²) < 4.78 is 0.895. The molecule has 0 aliphatic heterocycles. The summed E-state index contributed by atoms with van der Waals surface area (Å²) in [4.78, 5) is 2.01. The number of nitriles is 1. The third-order valence-corrected chi connectivity index (χ3v) is 2.94. The van der Waals surface area contributed by atoms with Crippen molar-refractivity contribution in [3.63, 3.8) is 0 Å². The van der Waals surface area contributed by atoms with Crippen LogP contribution in [0.5, 0.6) is 0 Å². The topological polar surface area (TPSA) is 47.3 Å². The highest BCUT2D eigenvalue weighted by Gasteiger charge is 2.04. The molecule has 0 aliphatic rings. The van der Waals surface area contributed by atoms with Gasteiger partial charge < -0.3 is 10.0 Å². The fourth-order valence-corrected chi connectivity index (χ4v) is 1.74. The largest absolute Gasteiger partial charge is 0.392 e. The average molecular weight is 269 g/mol. The number of anilines is 1. The number of hydrogen-bond acceptors (Lipinski definition) is 3. The van der Waals surface area contributed by atoms with Crippen molar-refractivity contribution < 1.29 is 5.11 Å². The highest BCUT2D eigenvalue weighted by molar-refractivity contribution is 9.10. The molecule has 0 saturated heterocycles. The molecular formula is C11H13BrN2O. The van der Waals surface area contributed by atoms with Gasteiger partial charge in [-0.2, -0.15) is 5.26 Å². The summed E-state index contributed by atoms with van der Waals surface area (Å²) in [7, 11) is 1.94. The molecule has 0 radical (unpaired) electrons. The van der Waals surface area contributed by atoms with Gasteiger partial charge in [0.15, 0.2) is 0 Å². The zero-order valence-electron chi connectivity index (χ0n) is 8.57. The van der Waals surface area contributed by atoms with Crippen molar-refractivity contribution in [2.24, 2.45) is 0 Å². The second-order valence-electron chi connectivity index (χ2n) is 3.26. The molecule has 0 unspecified atom stereocenters. The van der Waals surface area contributed by atoms with Crippen LogP contribution in [0.2, 0.25) is 0 Å². The Morgan fingerprint density at radius 1 is 1.53 bits per heavy atom. The Balaban J connectivity index is 2.79. The SMILES string of the molecule is CN(CCC#N)c1ccc(CO)c(Br)c1. The molecule has 80 valence electrons. The van der Waals surface area contributed by atoms with E-state index in [2.05, 4.69) is 22.0 Å². The number of hydrogen-bond donors (Lipinski definition) is 1. The predicted molar refractivity (Wildman–Crippen MR) is 63.6 cm³/mol. The first kappa shape index (κ1) is 12.0. The predicted octanol–water partition coefficient (Wildman–Crippen LogP) is 2.29. The summed E-state index contributed by atoms with van der Waals surface area (Å²) in [6.45, 7) is 0.740. The van der Waals surface area contributed by atoms with Gasteiger partial charge in [0, 0.05) is 23.8 Å². The van der Waals surface area contributed by atoms with E-state index >= 15 is 0 Å². The van der Waals surface area contributed by atoms with Gasteiger partial charge in [0.1, 0.15) is 0 Å². The molecule has 0 heterocycles. The van der Waals surface area contributed by atoms with E-state index in [1.165, 1.54) is 0 Å². The lowest BCUT2D eigenvalue weighted by molar-refractivity contribution is 0.281. The summed E-state index contributed by atoms with van der Waals surface area (Å²) in [5.41, 5.74) is 1.90. The van der Waals surface area contributed by atoms with E-state index in [0.29, 0.717) is 13.0 Å². The average Bonchev–Trinajstić information content (AvgIpc) is 2.25. The first-order valence-electron chi connectivity index (χ1n) is 4.66. The number of aliphatic hydroxyl groups excluding tert-OH is 1. The summed E-state index contributed by atoms with van der Waals surface area (Å²) in [6.07, 6.45) is 0.510. The zero-order valence-corrected chi connectivity index (χ0v) is 10.2. The van der Waals surface area contributed by atoms with Crippen LogP contribution in [-0.2, 0) is 6.61 Å². The normalized spacial score (nSPS) is 9.73. The molecule has 1 rings (SSSR count). The second kappa shape index (κ2) is 5.74. The Kier molecular flexibility index (Phi) is 4.60. The van der Waals surface area contributed by atoms with E-state index in [1.54, 1.807) is 0 Å². The minimum absolute atomic E-state index is 0.0305. The van der Waals surface area contributed by atoms with E-state index in [-0.39, 0.29) is 6.61 Å². The fourth-order valence-electron chi connectivity index (χ4n) is 1.25. The molecule has 0 aliphatic carbocycles. The van der Waals surface area contributed by atoms with Crippen LogP contribution in [0.4, 0.5) is 5.69 Å². The molecule has 0 amide bonds. The maximum Gasteiger partial charge on any atom is 0.0692 e. The van der Waals surface area contributed by atoms with Crippen molar-refractivity contribution in [1.29, 1.82) is 5.26 Å². The van der Waals surface area contributed by atoms with E-state index in [0.717, 1.165) is 15.7 Å². The van der Waals surface area contributed by atoms with Gasteiger partial charge in [0.2, 0.25) is 0 Å². The van der Waals surface area contributed by atoms with Gasteiger partial charge in [-0.3, -0.25) is 0 Å². The molecule has 1 aromatic carbocycles. The summed E-state index contributed by atoms with van der Waals surface area (Å²) in [5.74, 6) is 0. The van der Waals surface area contributed by atoms with Crippen LogP contribution in [0, 0.1) is 11.3 Å². The lowest BCUT2D eigenvalue weighted by Gasteiger charge is -2.18. The minimum atomic E-state index is 0.0305. The first-order valence-corrected chi connectivity index (χ1v) is 5.45. The molecule has 1 aromatic rings. The highest BCUT2D eigenvalue weighted by Crippen LogP contribution is 2.23. The number of benzene rings is 1. The molecule has 0 atom stereocenters. The van der Waals surface area contributed by atoms with Crippen LogP contribution < -0.4 is 4.90 Å². The Labute approximate surface area is 98.1 Å². The zero-order chi connectivity index (χ0) is 11.3. The van der Waals surface area contributed by atoms with Gasteiger partial charge in [0.25, 0.3) is 0 Å². The highest BCUT2D eigenvalue weighted by atomic mass is 79.9. The van der Waals surface area contributed by atoms with Crippen molar-refractivity contribution in [2.75, 3.05) is 18.5 Å². The number of rotatable bonds is 4. The van der Waals surface area contributed by atoms with Crippen molar-refractivity contribution in [1.82, 2.24) is 0 Å². The molecule has 3 nitrogen and oxygen atoms in total. The van der Waals surface area contributed by atoms with Gasteiger partial charge in [0.05, 0.1) is 19.1 Å². The van der Waals surface area contributed by atoms with Crippen LogP contribution in [0.3, 0.4) is 0 Å². The molecule has 0 saturated carbocycles. The Morgan fingerprint density at radius 2 is 2.27 bits per heavy atom. The van der Waals surface area contributed by atoms with Gasteiger partial charge in [-0.15, -0.1) is 0 Å². The fraction of sp³-hybridized carbons (Fsp3) is 0.364.